The second kappa shape index (κ2) is 5.41. The SMILES string of the molecule is Nc1nnnn1N=Cc1ccc(-c2ccccc2I)o1. The molecule has 1 aromatic carbocycles. The summed E-state index contributed by atoms with van der Waals surface area (Å²) in [6, 6.07) is 11.7. The average Bonchev–Trinajstić information content (AvgIpc) is 3.06. The van der Waals surface area contributed by atoms with E-state index in [1.165, 1.54) is 6.21 Å². The van der Waals surface area contributed by atoms with Crippen LogP contribution in [0.5, 0.6) is 0 Å². The molecular formula is C12H9IN6O. The summed E-state index contributed by atoms with van der Waals surface area (Å²) < 4.78 is 6.83. The van der Waals surface area contributed by atoms with Crippen LogP contribution in [0.4, 0.5) is 5.95 Å². The Bertz CT molecular complexity index is 763. The first kappa shape index (κ1) is 12.8. The van der Waals surface area contributed by atoms with Crippen molar-refractivity contribution < 1.29 is 4.42 Å². The van der Waals surface area contributed by atoms with Gasteiger partial charge in [0, 0.05) is 9.13 Å². The van der Waals surface area contributed by atoms with E-state index in [9.17, 15) is 0 Å². The summed E-state index contributed by atoms with van der Waals surface area (Å²) in [5.41, 5.74) is 6.54. The van der Waals surface area contributed by atoms with Gasteiger partial charge in [0.1, 0.15) is 11.5 Å². The maximum atomic E-state index is 5.71. The third kappa shape index (κ3) is 2.54. The van der Waals surface area contributed by atoms with Crippen molar-refractivity contribution >= 4 is 34.8 Å². The van der Waals surface area contributed by atoms with Gasteiger partial charge in [-0.2, -0.15) is 5.10 Å². The maximum absolute atomic E-state index is 5.71. The Labute approximate surface area is 127 Å². The lowest BCUT2D eigenvalue weighted by Crippen LogP contribution is -1.99. The number of nitrogen functional groups attached to an aromatic ring is 1. The summed E-state index contributed by atoms with van der Waals surface area (Å²) in [4.78, 5) is 1.12. The second-order valence-electron chi connectivity index (χ2n) is 3.85. The number of anilines is 1. The molecule has 0 radical (unpaired) electrons. The van der Waals surface area contributed by atoms with E-state index in [0.29, 0.717) is 5.76 Å². The lowest BCUT2D eigenvalue weighted by molar-refractivity contribution is 0.572. The maximum Gasteiger partial charge on any atom is 0.263 e. The van der Waals surface area contributed by atoms with Crippen LogP contribution in [-0.4, -0.2) is 26.5 Å². The topological polar surface area (TPSA) is 95.1 Å². The number of hydrogen-bond donors (Lipinski definition) is 1. The van der Waals surface area contributed by atoms with Gasteiger partial charge < -0.3 is 10.2 Å². The Hall–Kier alpha value is -2.23. The van der Waals surface area contributed by atoms with Crippen LogP contribution in [0.1, 0.15) is 5.76 Å². The molecule has 3 aromatic rings. The van der Waals surface area contributed by atoms with Gasteiger partial charge in [-0.25, -0.2) is 0 Å². The summed E-state index contributed by atoms with van der Waals surface area (Å²) in [5.74, 6) is 1.49. The van der Waals surface area contributed by atoms with Crippen LogP contribution >= 0.6 is 22.6 Å². The summed E-state index contributed by atoms with van der Waals surface area (Å²) >= 11 is 2.27. The third-order valence-corrected chi connectivity index (χ3v) is 3.48. The van der Waals surface area contributed by atoms with Crippen molar-refractivity contribution in [2.24, 2.45) is 5.10 Å². The summed E-state index contributed by atoms with van der Waals surface area (Å²) in [7, 11) is 0. The van der Waals surface area contributed by atoms with Crippen molar-refractivity contribution in [2.45, 2.75) is 0 Å². The van der Waals surface area contributed by atoms with Crippen molar-refractivity contribution in [3.05, 3.63) is 45.7 Å². The predicted molar refractivity (Wildman–Crippen MR) is 82.1 cm³/mol. The van der Waals surface area contributed by atoms with E-state index in [2.05, 4.69) is 43.2 Å². The summed E-state index contributed by atoms with van der Waals surface area (Å²) in [6.07, 6.45) is 1.51. The number of hydrogen-bond acceptors (Lipinski definition) is 6. The van der Waals surface area contributed by atoms with E-state index >= 15 is 0 Å². The molecule has 2 N–H and O–H groups in total. The van der Waals surface area contributed by atoms with E-state index in [-0.39, 0.29) is 5.95 Å². The van der Waals surface area contributed by atoms with Gasteiger partial charge in [-0.05, 0) is 51.2 Å². The predicted octanol–water partition coefficient (Wildman–Crippen LogP) is 2.00. The first-order valence-corrected chi connectivity index (χ1v) is 6.75. The minimum Gasteiger partial charge on any atom is -0.455 e. The molecule has 20 heavy (non-hydrogen) atoms. The Kier molecular flexibility index (Phi) is 3.46. The monoisotopic (exact) mass is 380 g/mol. The number of halogens is 1. The largest absolute Gasteiger partial charge is 0.455 e. The lowest BCUT2D eigenvalue weighted by Gasteiger charge is -1.99. The molecule has 0 aliphatic carbocycles. The molecule has 0 unspecified atom stereocenters. The van der Waals surface area contributed by atoms with Gasteiger partial charge in [0.05, 0.1) is 6.21 Å². The molecule has 7 nitrogen and oxygen atoms in total. The molecule has 3 rings (SSSR count). The van der Waals surface area contributed by atoms with Crippen LogP contribution in [0.25, 0.3) is 11.3 Å². The van der Waals surface area contributed by atoms with Gasteiger partial charge in [0.15, 0.2) is 0 Å². The molecule has 0 fully saturated rings. The van der Waals surface area contributed by atoms with E-state index in [0.717, 1.165) is 19.7 Å². The molecule has 0 saturated carbocycles. The molecule has 8 heteroatoms. The van der Waals surface area contributed by atoms with E-state index in [4.69, 9.17) is 10.2 Å². The molecule has 100 valence electrons. The van der Waals surface area contributed by atoms with Crippen molar-refractivity contribution in [1.82, 2.24) is 20.3 Å². The van der Waals surface area contributed by atoms with Gasteiger partial charge in [0.25, 0.3) is 5.95 Å². The highest BCUT2D eigenvalue weighted by Crippen LogP contribution is 2.26. The Balaban J connectivity index is 1.86. The zero-order chi connectivity index (χ0) is 13.9. The first-order chi connectivity index (χ1) is 9.74. The van der Waals surface area contributed by atoms with E-state index in [1.807, 2.05) is 36.4 Å². The molecule has 0 saturated heterocycles. The van der Waals surface area contributed by atoms with Gasteiger partial charge in [0.2, 0.25) is 0 Å². The van der Waals surface area contributed by atoms with Gasteiger partial charge in [-0.1, -0.05) is 28.1 Å². The van der Waals surface area contributed by atoms with Gasteiger partial charge in [-0.3, -0.25) is 0 Å². The molecule has 0 spiro atoms. The number of nitrogens with zero attached hydrogens (tertiary/aromatic N) is 5. The van der Waals surface area contributed by atoms with Gasteiger partial charge >= 0.3 is 0 Å². The van der Waals surface area contributed by atoms with Crippen LogP contribution in [0, 0.1) is 3.57 Å². The fourth-order valence-corrected chi connectivity index (χ4v) is 2.26. The zero-order valence-electron chi connectivity index (χ0n) is 10.1. The number of nitrogens with two attached hydrogens (primary N) is 1. The highest BCUT2D eigenvalue weighted by atomic mass is 127. The average molecular weight is 380 g/mol. The van der Waals surface area contributed by atoms with Crippen molar-refractivity contribution in [3.63, 3.8) is 0 Å². The Morgan fingerprint density at radius 3 is 2.85 bits per heavy atom. The number of furan rings is 1. The molecule has 2 aromatic heterocycles. The quantitative estimate of drug-likeness (QED) is 0.554. The standard InChI is InChI=1S/C12H9IN6O/c13-10-4-2-1-3-9(10)11-6-5-8(20-11)7-15-19-12(14)16-17-18-19/h1-7H,(H2,14,16,18). The van der Waals surface area contributed by atoms with E-state index in [1.54, 1.807) is 0 Å². The normalized spacial score (nSPS) is 11.2. The van der Waals surface area contributed by atoms with Crippen LogP contribution in [0.15, 0.2) is 45.9 Å². The Morgan fingerprint density at radius 1 is 1.25 bits per heavy atom. The van der Waals surface area contributed by atoms with E-state index < -0.39 is 0 Å². The number of aromatic nitrogens is 4. The molecule has 2 heterocycles. The lowest BCUT2D eigenvalue weighted by atomic mass is 10.2. The van der Waals surface area contributed by atoms with Gasteiger partial charge in [-0.15, -0.1) is 0 Å². The summed E-state index contributed by atoms with van der Waals surface area (Å²) in [6.45, 7) is 0. The van der Waals surface area contributed by atoms with Crippen LogP contribution in [0.2, 0.25) is 0 Å². The fourth-order valence-electron chi connectivity index (χ4n) is 1.61. The minimum absolute atomic E-state index is 0.116. The van der Waals surface area contributed by atoms with Crippen LogP contribution < -0.4 is 5.73 Å². The minimum atomic E-state index is 0.116. The first-order valence-electron chi connectivity index (χ1n) is 5.67. The fraction of sp³-hybridized carbons (Fsp3) is 0. The molecule has 0 bridgehead atoms. The van der Waals surface area contributed by atoms with Crippen molar-refractivity contribution in [3.8, 4) is 11.3 Å². The number of benzene rings is 1. The van der Waals surface area contributed by atoms with Crippen LogP contribution in [0.3, 0.4) is 0 Å². The zero-order valence-corrected chi connectivity index (χ0v) is 12.3. The second-order valence-corrected chi connectivity index (χ2v) is 5.02. The van der Waals surface area contributed by atoms with Crippen LogP contribution in [-0.2, 0) is 0 Å². The molecule has 0 amide bonds. The van der Waals surface area contributed by atoms with Crippen molar-refractivity contribution in [1.29, 1.82) is 0 Å². The molecule has 0 aliphatic heterocycles. The number of tetrazole rings is 1. The molecule has 0 aliphatic rings. The van der Waals surface area contributed by atoms with Crippen molar-refractivity contribution in [2.75, 3.05) is 5.73 Å². The smallest absolute Gasteiger partial charge is 0.263 e. The highest BCUT2D eigenvalue weighted by Gasteiger charge is 2.06. The Morgan fingerprint density at radius 2 is 2.10 bits per heavy atom. The molecule has 0 atom stereocenters. The highest BCUT2D eigenvalue weighted by molar-refractivity contribution is 14.1. The molecular weight excluding hydrogens is 371 g/mol. The summed E-state index contributed by atoms with van der Waals surface area (Å²) in [5, 5.41) is 14.5. The third-order valence-electron chi connectivity index (χ3n) is 2.54. The number of rotatable bonds is 3.